The lowest BCUT2D eigenvalue weighted by atomic mass is 9.98. The topological polar surface area (TPSA) is 97.1 Å². The van der Waals surface area contributed by atoms with Gasteiger partial charge in [-0.25, -0.2) is 19.9 Å². The number of aromatic nitrogens is 10. The molecule has 100 heavy (non-hydrogen) atoms. The van der Waals surface area contributed by atoms with E-state index in [0.717, 1.165) is 133 Å². The summed E-state index contributed by atoms with van der Waals surface area (Å²) in [5, 5.41) is 9.35. The van der Waals surface area contributed by atoms with Gasteiger partial charge in [0.05, 0.1) is 55.5 Å². The Balaban J connectivity index is 0.771. The highest BCUT2D eigenvalue weighted by Gasteiger charge is 2.24. The van der Waals surface area contributed by atoms with Gasteiger partial charge in [-0.1, -0.05) is 194 Å². The van der Waals surface area contributed by atoms with E-state index in [9.17, 15) is 0 Å². The average molecular weight is 1280 g/mol. The second kappa shape index (κ2) is 23.0. The normalized spacial score (nSPS) is 11.8. The van der Waals surface area contributed by atoms with Gasteiger partial charge in [0.1, 0.15) is 11.4 Å². The lowest BCUT2D eigenvalue weighted by Gasteiger charge is -2.17. The Morgan fingerprint density at radius 1 is 0.170 bits per heavy atom. The fourth-order valence-corrected chi connectivity index (χ4v) is 15.2. The van der Waals surface area contributed by atoms with Gasteiger partial charge < -0.3 is 18.3 Å². The maximum absolute atomic E-state index is 5.33. The molecule has 0 amide bonds. The smallest absolute Gasteiger partial charge is 0.182 e. The van der Waals surface area contributed by atoms with E-state index in [1.807, 2.05) is 36.4 Å². The fourth-order valence-electron chi connectivity index (χ4n) is 15.2. The Morgan fingerprint density at radius 3 is 0.830 bits per heavy atom. The second-order valence-corrected chi connectivity index (χ2v) is 25.5. The highest BCUT2D eigenvalue weighted by molar-refractivity contribution is 6.14. The van der Waals surface area contributed by atoms with Gasteiger partial charge in [0.2, 0.25) is 0 Å². The van der Waals surface area contributed by atoms with Crippen LogP contribution >= 0.6 is 0 Å². The number of benzene rings is 12. The average Bonchev–Trinajstić information content (AvgIpc) is 1.55. The molecule has 20 rings (SSSR count). The van der Waals surface area contributed by atoms with Crippen LogP contribution in [-0.4, -0.2) is 48.2 Å². The Kier molecular flexibility index (Phi) is 13.0. The first-order valence-corrected chi connectivity index (χ1v) is 33.6. The summed E-state index contributed by atoms with van der Waals surface area (Å²) < 4.78 is 9.65. The highest BCUT2D eigenvalue weighted by atomic mass is 15.1. The summed E-state index contributed by atoms with van der Waals surface area (Å²) in [5.41, 5.74) is 23.2. The van der Waals surface area contributed by atoms with Crippen molar-refractivity contribution in [3.05, 3.63) is 340 Å². The Labute approximate surface area is 574 Å². The molecule has 0 aliphatic rings. The van der Waals surface area contributed by atoms with Crippen molar-refractivity contribution in [3.63, 3.8) is 0 Å². The maximum Gasteiger partial charge on any atom is 0.182 e. The molecule has 0 saturated carbocycles. The third kappa shape index (κ3) is 9.34. The molecule has 0 bridgehead atoms. The number of pyridine rings is 3. The van der Waals surface area contributed by atoms with Crippen LogP contribution < -0.4 is 0 Å². The van der Waals surface area contributed by atoms with E-state index in [1.165, 1.54) is 26.9 Å². The Hall–Kier alpha value is -13.7. The minimum absolute atomic E-state index is 0.456. The lowest BCUT2D eigenvalue weighted by Crippen LogP contribution is -2.04. The van der Waals surface area contributed by atoms with Crippen molar-refractivity contribution in [2.75, 3.05) is 0 Å². The molecule has 8 aromatic heterocycles. The molecule has 12 aromatic carbocycles. The van der Waals surface area contributed by atoms with Crippen LogP contribution in [0.25, 0.3) is 189 Å². The monoisotopic (exact) mass is 1280 g/mol. The molecule has 0 fully saturated rings. The summed E-state index contributed by atoms with van der Waals surface area (Å²) in [6.07, 6.45) is 3.53. The van der Waals surface area contributed by atoms with Crippen LogP contribution in [0.5, 0.6) is 0 Å². The van der Waals surface area contributed by atoms with Gasteiger partial charge >= 0.3 is 0 Å². The number of rotatable bonds is 11. The van der Waals surface area contributed by atoms with E-state index in [4.69, 9.17) is 29.9 Å². The van der Waals surface area contributed by atoms with Gasteiger partial charge in [-0.2, -0.15) is 0 Å². The number of para-hydroxylation sites is 6. The van der Waals surface area contributed by atoms with E-state index in [0.29, 0.717) is 28.9 Å². The zero-order valence-corrected chi connectivity index (χ0v) is 53.8. The molecule has 0 saturated heterocycles. The van der Waals surface area contributed by atoms with E-state index < -0.39 is 0 Å². The second-order valence-electron chi connectivity index (χ2n) is 25.5. The highest BCUT2D eigenvalue weighted by Crippen LogP contribution is 2.44. The van der Waals surface area contributed by atoms with Crippen molar-refractivity contribution >= 4 is 87.2 Å². The first-order chi connectivity index (χ1) is 49.6. The van der Waals surface area contributed by atoms with Gasteiger partial charge in [-0.05, 0) is 156 Å². The van der Waals surface area contributed by atoms with Crippen molar-refractivity contribution in [1.29, 1.82) is 0 Å². The van der Waals surface area contributed by atoms with Crippen LogP contribution in [0.3, 0.4) is 0 Å². The zero-order valence-electron chi connectivity index (χ0n) is 53.8. The Morgan fingerprint density at radius 2 is 0.470 bits per heavy atom. The van der Waals surface area contributed by atoms with Gasteiger partial charge in [-0.15, -0.1) is 0 Å². The van der Waals surface area contributed by atoms with E-state index in [-0.39, 0.29) is 0 Å². The molecule has 0 radical (unpaired) electrons. The van der Waals surface area contributed by atoms with Gasteiger partial charge in [0.15, 0.2) is 17.5 Å². The molecule has 0 spiro atoms. The van der Waals surface area contributed by atoms with Crippen molar-refractivity contribution in [2.45, 2.75) is 0 Å². The van der Waals surface area contributed by atoms with Crippen molar-refractivity contribution in [2.24, 2.45) is 0 Å². The first kappa shape index (κ1) is 56.6. The summed E-state index contributed by atoms with van der Waals surface area (Å²) in [7, 11) is 0. The fraction of sp³-hybridized carbons (Fsp3) is 0. The lowest BCUT2D eigenvalue weighted by molar-refractivity contribution is 1.04. The van der Waals surface area contributed by atoms with Crippen LogP contribution in [0.4, 0.5) is 0 Å². The largest absolute Gasteiger partial charge is 0.309 e. The molecular weight excluding hydrogens is 1220 g/mol. The summed E-state index contributed by atoms with van der Waals surface area (Å²) >= 11 is 0. The van der Waals surface area contributed by atoms with Gasteiger partial charge in [0.25, 0.3) is 0 Å². The number of hydrogen-bond acceptors (Lipinski definition) is 6. The first-order valence-electron chi connectivity index (χ1n) is 33.6. The third-order valence-corrected chi connectivity index (χ3v) is 19.7. The third-order valence-electron chi connectivity index (χ3n) is 19.7. The molecule has 20 aromatic rings. The molecule has 0 atom stereocenters. The minimum Gasteiger partial charge on any atom is -0.309 e. The van der Waals surface area contributed by atoms with Crippen LogP contribution in [0.2, 0.25) is 0 Å². The quantitative estimate of drug-likeness (QED) is 0.128. The molecule has 8 heterocycles. The molecule has 0 N–H and O–H groups in total. The SMILES string of the molecule is c1ccc(-c2cc(-c3cc(-n4c5ccccc5c5ccccc54)cc(-n4c5ccccc5c5cc(-c6ccc7c(c6)c6ccccc6n7-c6cc(-c7nc(-c8ccccn8)nc(-c8ccccn8)n7)cc(-n7c8ccccc8c8ccccc87)c6)ccc54)c3)cc(-c3ccccc3)n2)cc1. The summed E-state index contributed by atoms with van der Waals surface area (Å²) in [6, 6.07) is 117. The van der Waals surface area contributed by atoms with E-state index in [2.05, 4.69) is 309 Å². The predicted octanol–water partition coefficient (Wildman–Crippen LogP) is 22.1. The van der Waals surface area contributed by atoms with Crippen molar-refractivity contribution in [1.82, 2.24) is 48.2 Å². The molecule has 0 unspecified atom stereocenters. The van der Waals surface area contributed by atoms with Crippen molar-refractivity contribution in [3.8, 4) is 102 Å². The van der Waals surface area contributed by atoms with Crippen molar-refractivity contribution < 1.29 is 0 Å². The van der Waals surface area contributed by atoms with Crippen LogP contribution in [-0.2, 0) is 0 Å². The maximum atomic E-state index is 5.33. The molecular formula is C90H56N10. The minimum atomic E-state index is 0.456. The van der Waals surface area contributed by atoms with E-state index >= 15 is 0 Å². The summed E-state index contributed by atoms with van der Waals surface area (Å²) in [6.45, 7) is 0. The molecule has 466 valence electrons. The zero-order chi connectivity index (χ0) is 65.8. The van der Waals surface area contributed by atoms with Gasteiger partial charge in [0, 0.05) is 94.9 Å². The molecule has 10 heteroatoms. The standard InChI is InChI=1S/C90H56N10/c1-3-23-57(24-4-1)78-53-62(54-79(93-78)58-25-5-2-6-26-58)61-47-64(97-80-35-13-7-27-68(80)69-28-8-14-36-81(69)97)55-65(48-61)99-84-39-17-11-31-72(84)74-51-59(41-43-86(74)99)60-42-44-87-75(52-60)73-32-12-18-40-85(73)100(87)67-50-63(49-66(56-67)98-82-37-15-9-29-70(82)71-30-10-16-38-83(71)98)88-94-89(76-33-19-21-45-91-76)96-90(95-88)77-34-20-22-46-92-77/h1-56H. The Bertz CT molecular complexity index is 6020. The van der Waals surface area contributed by atoms with Crippen LogP contribution in [0, 0.1) is 0 Å². The molecule has 0 aliphatic carbocycles. The molecule has 0 aliphatic heterocycles. The molecule has 10 nitrogen and oxygen atoms in total. The number of fused-ring (bicyclic) bond motifs is 12. The van der Waals surface area contributed by atoms with Gasteiger partial charge in [-0.3, -0.25) is 9.97 Å². The van der Waals surface area contributed by atoms with E-state index in [1.54, 1.807) is 12.4 Å². The predicted molar refractivity (Wildman–Crippen MR) is 409 cm³/mol. The summed E-state index contributed by atoms with van der Waals surface area (Å²) in [4.78, 5) is 30.2. The van der Waals surface area contributed by atoms with Crippen LogP contribution in [0.1, 0.15) is 0 Å². The van der Waals surface area contributed by atoms with Crippen LogP contribution in [0.15, 0.2) is 340 Å². The summed E-state index contributed by atoms with van der Waals surface area (Å²) in [5.74, 6) is 1.41. The number of hydrogen-bond donors (Lipinski definition) is 0. The number of nitrogens with zero attached hydrogens (tertiary/aromatic N) is 10.